The van der Waals surface area contributed by atoms with Gasteiger partial charge in [0.1, 0.15) is 6.17 Å². The maximum absolute atomic E-state index is 13.4. The monoisotopic (exact) mass is 439 g/mol. The van der Waals surface area contributed by atoms with E-state index in [0.717, 1.165) is 30.7 Å². The van der Waals surface area contributed by atoms with E-state index in [1.807, 2.05) is 48.2 Å². The molecule has 2 heterocycles. The summed E-state index contributed by atoms with van der Waals surface area (Å²) in [4.78, 5) is 26.9. The van der Waals surface area contributed by atoms with Gasteiger partial charge in [0.05, 0.1) is 18.8 Å². The number of fused-ring (bicyclic) bond motifs is 1. The minimum Gasteiger partial charge on any atom is -0.493 e. The van der Waals surface area contributed by atoms with Gasteiger partial charge in [0.2, 0.25) is 0 Å². The van der Waals surface area contributed by atoms with Crippen molar-refractivity contribution in [1.29, 1.82) is 0 Å². The van der Waals surface area contributed by atoms with E-state index in [-0.39, 0.29) is 30.7 Å². The average molecular weight is 440 g/mol. The van der Waals surface area contributed by atoms with Crippen LogP contribution in [-0.4, -0.2) is 56.2 Å². The van der Waals surface area contributed by atoms with Crippen LogP contribution in [0.5, 0.6) is 11.5 Å². The quantitative estimate of drug-likeness (QED) is 0.658. The van der Waals surface area contributed by atoms with E-state index in [1.165, 1.54) is 0 Å². The van der Waals surface area contributed by atoms with Gasteiger partial charge in [-0.05, 0) is 49.6 Å². The fourth-order valence-electron chi connectivity index (χ4n) is 4.12. The maximum atomic E-state index is 13.4. The van der Waals surface area contributed by atoms with E-state index < -0.39 is 0 Å². The molecule has 2 aromatic rings. The second-order valence-electron chi connectivity index (χ2n) is 7.84. The standard InChI is InChI=1S/C24H29N3O5/c1-3-25-22(28)15-32-20-11-10-16(13-21(20)30-2)23-26-19-9-5-4-8-18(19)24(29)27(23)14-17-7-6-12-31-17/h4-5,8-11,13,17,23,26H,3,6-7,12,14-15H2,1-2H3,(H,25,28)/t17-,23-/m1/s1. The normalized spacial score (nSPS) is 19.8. The number of likely N-dealkylation sites (N-methyl/N-ethyl adjacent to an activating group) is 1. The van der Waals surface area contributed by atoms with Crippen molar-refractivity contribution in [3.8, 4) is 11.5 Å². The molecule has 0 radical (unpaired) electrons. The highest BCUT2D eigenvalue weighted by molar-refractivity contribution is 6.01. The van der Waals surface area contributed by atoms with Crippen LogP contribution in [0.25, 0.3) is 0 Å². The number of nitrogens with one attached hydrogen (secondary N) is 2. The Morgan fingerprint density at radius 1 is 1.25 bits per heavy atom. The van der Waals surface area contributed by atoms with Crippen molar-refractivity contribution in [1.82, 2.24) is 10.2 Å². The van der Waals surface area contributed by atoms with Crippen molar-refractivity contribution in [3.05, 3.63) is 53.6 Å². The van der Waals surface area contributed by atoms with Crippen LogP contribution in [0.4, 0.5) is 5.69 Å². The van der Waals surface area contributed by atoms with Gasteiger partial charge in [-0.25, -0.2) is 0 Å². The highest BCUT2D eigenvalue weighted by atomic mass is 16.5. The number of rotatable bonds is 8. The number of anilines is 1. The molecule has 4 rings (SSSR count). The number of hydrogen-bond acceptors (Lipinski definition) is 6. The summed E-state index contributed by atoms with van der Waals surface area (Å²) in [5.74, 6) is 0.737. The van der Waals surface area contributed by atoms with E-state index in [4.69, 9.17) is 14.2 Å². The smallest absolute Gasteiger partial charge is 0.257 e. The second kappa shape index (κ2) is 9.91. The van der Waals surface area contributed by atoms with Crippen LogP contribution in [0.3, 0.4) is 0 Å². The molecule has 2 aromatic carbocycles. The minimum atomic E-state index is -0.382. The van der Waals surface area contributed by atoms with Gasteiger partial charge in [-0.2, -0.15) is 0 Å². The minimum absolute atomic E-state index is 0.0232. The molecule has 2 aliphatic heterocycles. The third-order valence-electron chi connectivity index (χ3n) is 5.68. The van der Waals surface area contributed by atoms with E-state index >= 15 is 0 Å². The number of carbonyl (C=O) groups is 2. The first-order chi connectivity index (χ1) is 15.6. The second-order valence-corrected chi connectivity index (χ2v) is 7.84. The van der Waals surface area contributed by atoms with Crippen molar-refractivity contribution < 1.29 is 23.8 Å². The molecule has 2 atom stereocenters. The summed E-state index contributed by atoms with van der Waals surface area (Å²) in [6, 6.07) is 13.0. The number of ether oxygens (including phenoxy) is 3. The van der Waals surface area contributed by atoms with Crippen molar-refractivity contribution >= 4 is 17.5 Å². The SMILES string of the molecule is CCNC(=O)COc1ccc([C@@H]2Nc3ccccc3C(=O)N2C[C@H]2CCCO2)cc1OC. The third-order valence-corrected chi connectivity index (χ3v) is 5.68. The van der Waals surface area contributed by atoms with E-state index in [9.17, 15) is 9.59 Å². The molecule has 0 saturated carbocycles. The molecule has 0 spiro atoms. The molecule has 0 aliphatic carbocycles. The number of para-hydroxylation sites is 1. The van der Waals surface area contributed by atoms with Crippen molar-refractivity contribution in [3.63, 3.8) is 0 Å². The Morgan fingerprint density at radius 2 is 2.09 bits per heavy atom. The summed E-state index contributed by atoms with van der Waals surface area (Å²) in [6.07, 6.45) is 1.59. The summed E-state index contributed by atoms with van der Waals surface area (Å²) in [6.45, 7) is 3.53. The zero-order valence-electron chi connectivity index (χ0n) is 18.4. The molecule has 2 aliphatic rings. The van der Waals surface area contributed by atoms with Crippen LogP contribution in [0.15, 0.2) is 42.5 Å². The zero-order chi connectivity index (χ0) is 22.5. The molecule has 2 amide bonds. The van der Waals surface area contributed by atoms with Gasteiger partial charge in [-0.1, -0.05) is 18.2 Å². The Morgan fingerprint density at radius 3 is 2.84 bits per heavy atom. The molecule has 0 bridgehead atoms. The van der Waals surface area contributed by atoms with Gasteiger partial charge >= 0.3 is 0 Å². The number of amides is 2. The Labute approximate surface area is 187 Å². The number of carbonyl (C=O) groups excluding carboxylic acids is 2. The first-order valence-corrected chi connectivity index (χ1v) is 11.0. The molecule has 8 heteroatoms. The Bertz CT molecular complexity index is 974. The Kier molecular flexibility index (Phi) is 6.80. The van der Waals surface area contributed by atoms with Gasteiger partial charge in [-0.15, -0.1) is 0 Å². The summed E-state index contributed by atoms with van der Waals surface area (Å²) in [5, 5.41) is 6.19. The fourth-order valence-corrected chi connectivity index (χ4v) is 4.12. The molecule has 0 aromatic heterocycles. The largest absolute Gasteiger partial charge is 0.493 e. The van der Waals surface area contributed by atoms with Gasteiger partial charge in [0.25, 0.3) is 11.8 Å². The van der Waals surface area contributed by atoms with E-state index in [1.54, 1.807) is 13.2 Å². The van der Waals surface area contributed by atoms with Crippen LogP contribution in [-0.2, 0) is 9.53 Å². The van der Waals surface area contributed by atoms with Gasteiger partial charge in [0, 0.05) is 25.4 Å². The van der Waals surface area contributed by atoms with Crippen LogP contribution < -0.4 is 20.1 Å². The van der Waals surface area contributed by atoms with Crippen molar-refractivity contribution in [2.45, 2.75) is 32.0 Å². The zero-order valence-corrected chi connectivity index (χ0v) is 18.4. The lowest BCUT2D eigenvalue weighted by molar-refractivity contribution is -0.123. The molecule has 170 valence electrons. The average Bonchev–Trinajstić information content (AvgIpc) is 3.33. The number of methoxy groups -OCH3 is 1. The van der Waals surface area contributed by atoms with Crippen molar-refractivity contribution in [2.75, 3.05) is 38.7 Å². The summed E-state index contributed by atoms with van der Waals surface area (Å²) in [5.41, 5.74) is 2.30. The molecule has 1 fully saturated rings. The van der Waals surface area contributed by atoms with Crippen LogP contribution >= 0.6 is 0 Å². The molecule has 1 saturated heterocycles. The van der Waals surface area contributed by atoms with E-state index in [0.29, 0.717) is 30.2 Å². The third kappa shape index (κ3) is 4.65. The first-order valence-electron chi connectivity index (χ1n) is 11.0. The van der Waals surface area contributed by atoms with Gasteiger partial charge in [0.15, 0.2) is 18.1 Å². The maximum Gasteiger partial charge on any atom is 0.257 e. The lowest BCUT2D eigenvalue weighted by Crippen LogP contribution is -2.46. The highest BCUT2D eigenvalue weighted by Crippen LogP contribution is 2.37. The summed E-state index contributed by atoms with van der Waals surface area (Å²) < 4.78 is 17.0. The van der Waals surface area contributed by atoms with Gasteiger partial charge in [-0.3, -0.25) is 9.59 Å². The van der Waals surface area contributed by atoms with E-state index in [2.05, 4.69) is 10.6 Å². The molecular weight excluding hydrogens is 410 g/mol. The molecule has 8 nitrogen and oxygen atoms in total. The van der Waals surface area contributed by atoms with Crippen molar-refractivity contribution in [2.24, 2.45) is 0 Å². The number of nitrogens with zero attached hydrogens (tertiary/aromatic N) is 1. The predicted molar refractivity (Wildman–Crippen MR) is 120 cm³/mol. The lowest BCUT2D eigenvalue weighted by Gasteiger charge is -2.39. The Balaban J connectivity index is 1.61. The Hall–Kier alpha value is -3.26. The van der Waals surface area contributed by atoms with Gasteiger partial charge < -0.3 is 29.7 Å². The molecule has 0 unspecified atom stereocenters. The number of benzene rings is 2. The highest BCUT2D eigenvalue weighted by Gasteiger charge is 2.35. The fraction of sp³-hybridized carbons (Fsp3) is 0.417. The number of hydrogen-bond donors (Lipinski definition) is 2. The van der Waals surface area contributed by atoms with Crippen LogP contribution in [0.1, 0.15) is 41.9 Å². The van der Waals surface area contributed by atoms with Crippen LogP contribution in [0.2, 0.25) is 0 Å². The molecule has 32 heavy (non-hydrogen) atoms. The van der Waals surface area contributed by atoms with Crippen LogP contribution in [0, 0.1) is 0 Å². The lowest BCUT2D eigenvalue weighted by atomic mass is 10.0. The summed E-state index contributed by atoms with van der Waals surface area (Å²) in [7, 11) is 1.55. The summed E-state index contributed by atoms with van der Waals surface area (Å²) >= 11 is 0. The predicted octanol–water partition coefficient (Wildman–Crippen LogP) is 2.96. The first kappa shape index (κ1) is 22.0. The molecule has 2 N–H and O–H groups in total. The molecular formula is C24H29N3O5. The topological polar surface area (TPSA) is 89.1 Å².